The highest BCUT2D eigenvalue weighted by atomic mass is 32.2. The Labute approximate surface area is 105 Å². The minimum atomic E-state index is -2.72. The third kappa shape index (κ3) is 4.23. The quantitative estimate of drug-likeness (QED) is 0.791. The summed E-state index contributed by atoms with van der Waals surface area (Å²) in [6, 6.07) is 1.01. The lowest BCUT2D eigenvalue weighted by molar-refractivity contribution is 0.334. The topological polar surface area (TPSA) is 49.4 Å². The summed E-state index contributed by atoms with van der Waals surface area (Å²) in [6.45, 7) is 2.35. The number of hydrogen-bond donors (Lipinski definition) is 1. The average molecular weight is 260 g/mol. The molecule has 1 atom stereocenters. The minimum Gasteiger partial charge on any atom is -0.311 e. The Bertz CT molecular complexity index is 328. The minimum absolute atomic E-state index is 0.372. The second-order valence-electron chi connectivity index (χ2n) is 5.52. The lowest BCUT2D eigenvalue weighted by Gasteiger charge is -2.28. The van der Waals surface area contributed by atoms with E-state index in [2.05, 4.69) is 17.3 Å². The van der Waals surface area contributed by atoms with Crippen molar-refractivity contribution in [2.75, 3.05) is 31.6 Å². The molecule has 0 aromatic rings. The molecule has 1 unspecified atom stereocenters. The molecule has 0 spiro atoms. The van der Waals surface area contributed by atoms with Crippen LogP contribution in [-0.2, 0) is 9.84 Å². The molecule has 0 radical (unpaired) electrons. The van der Waals surface area contributed by atoms with Gasteiger partial charge < -0.3 is 10.2 Å². The van der Waals surface area contributed by atoms with Crippen molar-refractivity contribution < 1.29 is 8.42 Å². The zero-order valence-corrected chi connectivity index (χ0v) is 11.5. The van der Waals surface area contributed by atoms with Crippen molar-refractivity contribution in [1.82, 2.24) is 10.2 Å². The van der Waals surface area contributed by atoms with Gasteiger partial charge in [0.25, 0.3) is 0 Å². The fourth-order valence-corrected chi connectivity index (χ4v) is 4.29. The van der Waals surface area contributed by atoms with Crippen LogP contribution in [0.2, 0.25) is 0 Å². The molecule has 0 amide bonds. The second kappa shape index (κ2) is 5.67. The van der Waals surface area contributed by atoms with Gasteiger partial charge in [-0.1, -0.05) is 0 Å². The van der Waals surface area contributed by atoms with E-state index in [1.54, 1.807) is 0 Å². The standard InChI is InChI=1S/C12H24N2O2S/c1-14-7-2-3-11(4-8-14)13-12-5-9-17(15,16)10-6-12/h11-13H,2-10H2,1H3. The van der Waals surface area contributed by atoms with Crippen LogP contribution >= 0.6 is 0 Å². The van der Waals surface area contributed by atoms with Crippen molar-refractivity contribution in [3.05, 3.63) is 0 Å². The molecule has 2 rings (SSSR count). The van der Waals surface area contributed by atoms with E-state index in [9.17, 15) is 8.42 Å². The monoisotopic (exact) mass is 260 g/mol. The summed E-state index contributed by atoms with van der Waals surface area (Å²) < 4.78 is 22.7. The first-order valence-corrected chi connectivity index (χ1v) is 8.52. The van der Waals surface area contributed by atoms with Gasteiger partial charge in [0.05, 0.1) is 11.5 Å². The van der Waals surface area contributed by atoms with E-state index in [1.165, 1.54) is 25.8 Å². The second-order valence-corrected chi connectivity index (χ2v) is 7.83. The summed E-state index contributed by atoms with van der Waals surface area (Å²) in [7, 11) is -0.545. The van der Waals surface area contributed by atoms with E-state index in [1.807, 2.05) is 0 Å². The van der Waals surface area contributed by atoms with Crippen LogP contribution in [0.4, 0.5) is 0 Å². The van der Waals surface area contributed by atoms with Crippen LogP contribution < -0.4 is 5.32 Å². The number of hydrogen-bond acceptors (Lipinski definition) is 4. The molecule has 0 bridgehead atoms. The Kier molecular flexibility index (Phi) is 4.44. The molecule has 2 aliphatic heterocycles. The largest absolute Gasteiger partial charge is 0.311 e. The molecule has 0 saturated carbocycles. The predicted molar refractivity (Wildman–Crippen MR) is 69.9 cm³/mol. The highest BCUT2D eigenvalue weighted by Gasteiger charge is 2.25. The van der Waals surface area contributed by atoms with Gasteiger partial charge in [0.2, 0.25) is 0 Å². The summed E-state index contributed by atoms with van der Waals surface area (Å²) in [4.78, 5) is 2.38. The van der Waals surface area contributed by atoms with Crippen LogP contribution in [0.25, 0.3) is 0 Å². The van der Waals surface area contributed by atoms with Crippen molar-refractivity contribution in [3.63, 3.8) is 0 Å². The van der Waals surface area contributed by atoms with Crippen molar-refractivity contribution >= 4 is 9.84 Å². The third-order valence-corrected chi connectivity index (χ3v) is 5.69. The van der Waals surface area contributed by atoms with Gasteiger partial charge in [-0.05, 0) is 52.2 Å². The molecule has 1 N–H and O–H groups in total. The van der Waals surface area contributed by atoms with E-state index in [0.29, 0.717) is 23.6 Å². The molecule has 100 valence electrons. The van der Waals surface area contributed by atoms with Crippen LogP contribution in [0.15, 0.2) is 0 Å². The van der Waals surface area contributed by atoms with Crippen molar-refractivity contribution in [2.24, 2.45) is 0 Å². The Hall–Kier alpha value is -0.130. The smallest absolute Gasteiger partial charge is 0.150 e. The Balaban J connectivity index is 1.77. The molecular weight excluding hydrogens is 236 g/mol. The number of nitrogens with zero attached hydrogens (tertiary/aromatic N) is 1. The fourth-order valence-electron chi connectivity index (χ4n) is 2.80. The number of rotatable bonds is 2. The average Bonchev–Trinajstić information content (AvgIpc) is 2.47. The molecule has 2 fully saturated rings. The number of likely N-dealkylation sites (tertiary alicyclic amines) is 1. The van der Waals surface area contributed by atoms with Crippen LogP contribution in [0.1, 0.15) is 32.1 Å². The predicted octanol–water partition coefficient (Wildman–Crippen LogP) is 0.638. The summed E-state index contributed by atoms with van der Waals surface area (Å²) in [6.07, 6.45) is 5.27. The lowest BCUT2D eigenvalue weighted by atomic mass is 10.1. The van der Waals surface area contributed by atoms with Crippen LogP contribution in [-0.4, -0.2) is 57.0 Å². The summed E-state index contributed by atoms with van der Waals surface area (Å²) in [5.41, 5.74) is 0. The molecule has 0 aromatic heterocycles. The van der Waals surface area contributed by atoms with Gasteiger partial charge in [-0.2, -0.15) is 0 Å². The maximum absolute atomic E-state index is 11.4. The summed E-state index contributed by atoms with van der Waals surface area (Å²) in [5.74, 6) is 0.745. The SMILES string of the molecule is CN1CCCC(NC2CCS(=O)(=O)CC2)CC1. The molecule has 2 heterocycles. The first-order chi connectivity index (χ1) is 8.05. The highest BCUT2D eigenvalue weighted by molar-refractivity contribution is 7.91. The first kappa shape index (κ1) is 13.3. The van der Waals surface area contributed by atoms with Crippen LogP contribution in [0, 0.1) is 0 Å². The van der Waals surface area contributed by atoms with E-state index in [-0.39, 0.29) is 0 Å². The van der Waals surface area contributed by atoms with Gasteiger partial charge in [-0.3, -0.25) is 0 Å². The Morgan fingerprint density at radius 3 is 2.35 bits per heavy atom. The Morgan fingerprint density at radius 2 is 1.65 bits per heavy atom. The molecule has 17 heavy (non-hydrogen) atoms. The fraction of sp³-hybridized carbons (Fsp3) is 1.00. The maximum atomic E-state index is 11.4. The molecule has 0 aromatic carbocycles. The van der Waals surface area contributed by atoms with Crippen molar-refractivity contribution in [3.8, 4) is 0 Å². The van der Waals surface area contributed by atoms with E-state index < -0.39 is 9.84 Å². The van der Waals surface area contributed by atoms with Crippen molar-refractivity contribution in [1.29, 1.82) is 0 Å². The van der Waals surface area contributed by atoms with E-state index in [0.717, 1.165) is 19.4 Å². The van der Waals surface area contributed by atoms with Crippen LogP contribution in [0.3, 0.4) is 0 Å². The van der Waals surface area contributed by atoms with Gasteiger partial charge in [0.15, 0.2) is 0 Å². The normalized spacial score (nSPS) is 32.2. The maximum Gasteiger partial charge on any atom is 0.150 e. The van der Waals surface area contributed by atoms with Gasteiger partial charge in [0, 0.05) is 12.1 Å². The molecule has 5 heteroatoms. The van der Waals surface area contributed by atoms with Crippen LogP contribution in [0.5, 0.6) is 0 Å². The first-order valence-electron chi connectivity index (χ1n) is 6.70. The Morgan fingerprint density at radius 1 is 1.00 bits per heavy atom. The molecule has 2 saturated heterocycles. The number of nitrogens with one attached hydrogen (secondary N) is 1. The molecular formula is C12H24N2O2S. The molecule has 0 aliphatic carbocycles. The third-order valence-electron chi connectivity index (χ3n) is 3.98. The summed E-state index contributed by atoms with van der Waals surface area (Å²) in [5, 5.41) is 3.66. The molecule has 4 nitrogen and oxygen atoms in total. The zero-order chi connectivity index (χ0) is 12.3. The summed E-state index contributed by atoms with van der Waals surface area (Å²) >= 11 is 0. The molecule has 2 aliphatic rings. The van der Waals surface area contributed by atoms with Gasteiger partial charge in [0.1, 0.15) is 9.84 Å². The van der Waals surface area contributed by atoms with Gasteiger partial charge in [-0.15, -0.1) is 0 Å². The van der Waals surface area contributed by atoms with E-state index >= 15 is 0 Å². The zero-order valence-electron chi connectivity index (χ0n) is 10.7. The lowest BCUT2D eigenvalue weighted by Crippen LogP contribution is -2.43. The number of sulfone groups is 1. The van der Waals surface area contributed by atoms with E-state index in [4.69, 9.17) is 0 Å². The van der Waals surface area contributed by atoms with Gasteiger partial charge in [-0.25, -0.2) is 8.42 Å². The van der Waals surface area contributed by atoms with Gasteiger partial charge >= 0.3 is 0 Å². The van der Waals surface area contributed by atoms with Crippen molar-refractivity contribution in [2.45, 2.75) is 44.2 Å². The highest BCUT2D eigenvalue weighted by Crippen LogP contribution is 2.16.